The van der Waals surface area contributed by atoms with Gasteiger partial charge in [-0.1, -0.05) is 31.2 Å². The van der Waals surface area contributed by atoms with E-state index in [4.69, 9.17) is 10.5 Å². The molecule has 0 spiro atoms. The summed E-state index contributed by atoms with van der Waals surface area (Å²) >= 11 is 4.64. The quantitative estimate of drug-likeness (QED) is 0.479. The molecule has 17 heavy (non-hydrogen) atoms. The van der Waals surface area contributed by atoms with E-state index in [0.29, 0.717) is 0 Å². The van der Waals surface area contributed by atoms with Gasteiger partial charge < -0.3 is 10.5 Å². The molecular formula is C12H15N3OS. The lowest BCUT2D eigenvalue weighted by Crippen LogP contribution is -2.43. The minimum Gasteiger partial charge on any atom is -0.379 e. The third-order valence-corrected chi connectivity index (χ3v) is 2.93. The zero-order chi connectivity index (χ0) is 12.3. The highest BCUT2D eigenvalue weighted by Gasteiger charge is 2.34. The molecular weight excluding hydrogens is 234 g/mol. The molecule has 0 amide bonds. The summed E-state index contributed by atoms with van der Waals surface area (Å²) in [5, 5.41) is 4.07. The van der Waals surface area contributed by atoms with E-state index in [1.54, 1.807) is 6.21 Å². The lowest BCUT2D eigenvalue weighted by molar-refractivity contribution is -0.0500. The summed E-state index contributed by atoms with van der Waals surface area (Å²) in [5.74, 6) is 0. The molecule has 1 heterocycles. The lowest BCUT2D eigenvalue weighted by Gasteiger charge is -2.38. The topological polar surface area (TPSA) is 59.6 Å². The van der Waals surface area contributed by atoms with Crippen molar-refractivity contribution in [1.82, 2.24) is 5.43 Å². The van der Waals surface area contributed by atoms with Crippen molar-refractivity contribution in [2.24, 2.45) is 10.8 Å². The van der Waals surface area contributed by atoms with Crippen molar-refractivity contribution in [1.29, 1.82) is 0 Å². The molecule has 1 aromatic carbocycles. The first kappa shape index (κ1) is 12.0. The first-order valence-corrected chi connectivity index (χ1v) is 5.78. The summed E-state index contributed by atoms with van der Waals surface area (Å²) in [6, 6.07) is 8.24. The molecule has 1 aromatic rings. The van der Waals surface area contributed by atoms with Crippen LogP contribution in [0.1, 0.15) is 18.1 Å². The number of nitrogens with zero attached hydrogens (tertiary/aromatic N) is 1. The zero-order valence-corrected chi connectivity index (χ0v) is 10.5. The van der Waals surface area contributed by atoms with Crippen LogP contribution in [0.2, 0.25) is 0 Å². The lowest BCUT2D eigenvalue weighted by atomic mass is 9.81. The predicted octanol–water partition coefficient (Wildman–Crippen LogP) is 1.14. The van der Waals surface area contributed by atoms with E-state index >= 15 is 0 Å². The molecule has 1 aliphatic rings. The van der Waals surface area contributed by atoms with Gasteiger partial charge in [-0.3, -0.25) is 5.43 Å². The number of nitrogens with two attached hydrogens (primary N) is 1. The number of ether oxygens (including phenoxy) is 1. The summed E-state index contributed by atoms with van der Waals surface area (Å²) in [6.07, 6.45) is 1.68. The van der Waals surface area contributed by atoms with Crippen LogP contribution in [0.4, 0.5) is 0 Å². The third kappa shape index (κ3) is 2.81. The maximum Gasteiger partial charge on any atom is 0.184 e. The first-order valence-electron chi connectivity index (χ1n) is 5.37. The number of nitrogens with one attached hydrogen (secondary N) is 1. The van der Waals surface area contributed by atoms with E-state index in [9.17, 15) is 0 Å². The average Bonchev–Trinajstić information content (AvgIpc) is 2.26. The van der Waals surface area contributed by atoms with E-state index in [-0.39, 0.29) is 10.5 Å². The van der Waals surface area contributed by atoms with Gasteiger partial charge in [0.05, 0.1) is 19.4 Å². The molecule has 0 saturated carbocycles. The van der Waals surface area contributed by atoms with Gasteiger partial charge in [-0.05, 0) is 23.3 Å². The number of benzene rings is 1. The molecule has 0 unspecified atom stereocenters. The Morgan fingerprint density at radius 1 is 1.47 bits per heavy atom. The standard InChI is InChI=1S/C12H15N3OS/c1-12(7-16-8-12)10-4-2-9(3-5-10)6-14-15-11(13)17/h2-6H,7-8H2,1H3,(H3,13,15,17). The second-order valence-corrected chi connectivity index (χ2v) is 4.85. The summed E-state index contributed by atoms with van der Waals surface area (Å²) in [5.41, 5.74) is 10.2. The first-order chi connectivity index (χ1) is 8.10. The van der Waals surface area contributed by atoms with Crippen molar-refractivity contribution in [3.05, 3.63) is 35.4 Å². The third-order valence-electron chi connectivity index (χ3n) is 2.84. The molecule has 4 nitrogen and oxygen atoms in total. The van der Waals surface area contributed by atoms with E-state index < -0.39 is 0 Å². The van der Waals surface area contributed by atoms with E-state index in [2.05, 4.69) is 41.8 Å². The molecule has 1 saturated heterocycles. The Bertz CT molecular complexity index is 438. The van der Waals surface area contributed by atoms with E-state index in [1.807, 2.05) is 12.1 Å². The second kappa shape index (κ2) is 4.81. The number of thiocarbonyl (C=S) groups is 1. The summed E-state index contributed by atoms with van der Waals surface area (Å²) in [7, 11) is 0. The number of hydrogen-bond donors (Lipinski definition) is 2. The van der Waals surface area contributed by atoms with Crippen LogP contribution in [-0.2, 0) is 10.2 Å². The van der Waals surface area contributed by atoms with Crippen LogP contribution < -0.4 is 11.2 Å². The fourth-order valence-corrected chi connectivity index (χ4v) is 1.77. The maximum absolute atomic E-state index is 5.26. The van der Waals surface area contributed by atoms with Gasteiger partial charge in [0.25, 0.3) is 0 Å². The number of hydrogen-bond acceptors (Lipinski definition) is 3. The van der Waals surface area contributed by atoms with E-state index in [0.717, 1.165) is 18.8 Å². The zero-order valence-electron chi connectivity index (χ0n) is 9.64. The van der Waals surface area contributed by atoms with Crippen molar-refractivity contribution in [3.8, 4) is 0 Å². The minimum absolute atomic E-state index is 0.164. The second-order valence-electron chi connectivity index (χ2n) is 4.41. The Hall–Kier alpha value is -1.46. The molecule has 1 fully saturated rings. The maximum atomic E-state index is 5.26. The predicted molar refractivity (Wildman–Crippen MR) is 72.1 cm³/mol. The van der Waals surface area contributed by atoms with Gasteiger partial charge in [0.1, 0.15) is 0 Å². The SMILES string of the molecule is CC1(c2ccc(C=NNC(N)=S)cc2)COC1. The highest BCUT2D eigenvalue weighted by atomic mass is 32.1. The molecule has 0 aliphatic carbocycles. The highest BCUT2D eigenvalue weighted by molar-refractivity contribution is 7.80. The van der Waals surface area contributed by atoms with Gasteiger partial charge in [0.2, 0.25) is 0 Å². The number of rotatable bonds is 3. The largest absolute Gasteiger partial charge is 0.379 e. The van der Waals surface area contributed by atoms with Crippen LogP contribution in [-0.4, -0.2) is 24.5 Å². The van der Waals surface area contributed by atoms with Crippen molar-refractivity contribution in [2.45, 2.75) is 12.3 Å². The molecule has 0 radical (unpaired) electrons. The fourth-order valence-electron chi connectivity index (χ4n) is 1.72. The van der Waals surface area contributed by atoms with Gasteiger partial charge in [-0.15, -0.1) is 0 Å². The molecule has 1 aliphatic heterocycles. The molecule has 0 aromatic heterocycles. The molecule has 0 atom stereocenters. The van der Waals surface area contributed by atoms with Crippen LogP contribution in [0.25, 0.3) is 0 Å². The van der Waals surface area contributed by atoms with Gasteiger partial charge in [0, 0.05) is 5.41 Å². The Kier molecular flexibility index (Phi) is 3.40. The van der Waals surface area contributed by atoms with Crippen molar-refractivity contribution in [3.63, 3.8) is 0 Å². The van der Waals surface area contributed by atoms with Gasteiger partial charge in [-0.25, -0.2) is 0 Å². The van der Waals surface area contributed by atoms with Crippen LogP contribution in [0.5, 0.6) is 0 Å². The monoisotopic (exact) mass is 249 g/mol. The van der Waals surface area contributed by atoms with Crippen LogP contribution in [0, 0.1) is 0 Å². The van der Waals surface area contributed by atoms with Crippen molar-refractivity contribution < 1.29 is 4.74 Å². The summed E-state index contributed by atoms with van der Waals surface area (Å²) in [6.45, 7) is 3.79. The summed E-state index contributed by atoms with van der Waals surface area (Å²) in [4.78, 5) is 0. The Balaban J connectivity index is 2.03. The molecule has 3 N–H and O–H groups in total. The molecule has 0 bridgehead atoms. The van der Waals surface area contributed by atoms with Gasteiger partial charge in [0.15, 0.2) is 5.11 Å². The van der Waals surface area contributed by atoms with E-state index in [1.165, 1.54) is 5.56 Å². The van der Waals surface area contributed by atoms with Crippen LogP contribution in [0.15, 0.2) is 29.4 Å². The normalized spacial score (nSPS) is 17.7. The van der Waals surface area contributed by atoms with Gasteiger partial charge >= 0.3 is 0 Å². The van der Waals surface area contributed by atoms with Crippen molar-refractivity contribution >= 4 is 23.5 Å². The van der Waals surface area contributed by atoms with Crippen LogP contribution in [0.3, 0.4) is 0 Å². The molecule has 90 valence electrons. The highest BCUT2D eigenvalue weighted by Crippen LogP contribution is 2.31. The van der Waals surface area contributed by atoms with Crippen molar-refractivity contribution in [2.75, 3.05) is 13.2 Å². The van der Waals surface area contributed by atoms with Crippen LogP contribution >= 0.6 is 12.2 Å². The Morgan fingerprint density at radius 3 is 2.59 bits per heavy atom. The number of hydrazone groups is 1. The Morgan fingerprint density at radius 2 is 2.12 bits per heavy atom. The smallest absolute Gasteiger partial charge is 0.184 e. The Labute approximate surface area is 106 Å². The average molecular weight is 249 g/mol. The minimum atomic E-state index is 0.164. The molecule has 2 rings (SSSR count). The van der Waals surface area contributed by atoms with Gasteiger partial charge in [-0.2, -0.15) is 5.10 Å². The fraction of sp³-hybridized carbons (Fsp3) is 0.333. The molecule has 5 heteroatoms. The summed E-state index contributed by atoms with van der Waals surface area (Å²) < 4.78 is 5.25.